The van der Waals surface area contributed by atoms with Crippen molar-refractivity contribution >= 4 is 0 Å². The molecule has 0 radical (unpaired) electrons. The Labute approximate surface area is 91.2 Å². The predicted molar refractivity (Wildman–Crippen MR) is 59.1 cm³/mol. The molecule has 1 spiro atoms. The maximum absolute atomic E-state index is 5.68. The highest BCUT2D eigenvalue weighted by Gasteiger charge is 2.70. The molecule has 4 aliphatic rings. The molecule has 0 N–H and O–H groups in total. The van der Waals surface area contributed by atoms with Crippen molar-refractivity contribution in [1.29, 1.82) is 0 Å². The number of allylic oxidation sites excluding steroid dienone is 1. The molecule has 1 unspecified atom stereocenters. The van der Waals surface area contributed by atoms with Crippen molar-refractivity contribution in [3.63, 3.8) is 0 Å². The largest absolute Gasteiger partial charge is 0.494 e. The molecule has 0 aromatic carbocycles. The fourth-order valence-corrected chi connectivity index (χ4v) is 5.36. The summed E-state index contributed by atoms with van der Waals surface area (Å²) in [5.74, 6) is 2.83. The number of hydrogen-bond donors (Lipinski definition) is 0. The van der Waals surface area contributed by atoms with Crippen molar-refractivity contribution in [2.24, 2.45) is 23.2 Å². The molecular formula is C14H18O. The zero-order valence-electron chi connectivity index (χ0n) is 9.11. The molecule has 15 heavy (non-hydrogen) atoms. The van der Waals surface area contributed by atoms with Gasteiger partial charge in [-0.2, -0.15) is 0 Å². The van der Waals surface area contributed by atoms with Gasteiger partial charge in [0.25, 0.3) is 0 Å². The summed E-state index contributed by atoms with van der Waals surface area (Å²) in [4.78, 5) is 0. The van der Waals surface area contributed by atoms with Crippen LogP contribution in [0.3, 0.4) is 0 Å². The Kier molecular flexibility index (Phi) is 1.41. The molecule has 0 aliphatic heterocycles. The molecule has 0 bridgehead atoms. The van der Waals surface area contributed by atoms with Crippen LogP contribution in [-0.2, 0) is 4.74 Å². The highest BCUT2D eigenvalue weighted by Crippen LogP contribution is 2.75. The molecule has 3 saturated carbocycles. The quantitative estimate of drug-likeness (QED) is 0.493. The second-order valence-electron chi connectivity index (χ2n) is 5.74. The van der Waals surface area contributed by atoms with Gasteiger partial charge in [0, 0.05) is 11.3 Å². The second kappa shape index (κ2) is 2.50. The van der Waals surface area contributed by atoms with Gasteiger partial charge in [0.15, 0.2) is 0 Å². The lowest BCUT2D eigenvalue weighted by molar-refractivity contribution is -0.0565. The van der Waals surface area contributed by atoms with Crippen LogP contribution < -0.4 is 0 Å². The van der Waals surface area contributed by atoms with Gasteiger partial charge >= 0.3 is 0 Å². The molecule has 0 heterocycles. The third-order valence-electron chi connectivity index (χ3n) is 5.70. The van der Waals surface area contributed by atoms with Crippen molar-refractivity contribution in [2.75, 3.05) is 0 Å². The smallest absolute Gasteiger partial charge is 0.120 e. The van der Waals surface area contributed by atoms with Crippen LogP contribution in [0.2, 0.25) is 0 Å². The first-order valence-corrected chi connectivity index (χ1v) is 6.35. The molecule has 80 valence electrons. The lowest BCUT2D eigenvalue weighted by atomic mass is 9.52. The van der Waals surface area contributed by atoms with Gasteiger partial charge in [-0.15, -0.1) is 0 Å². The average molecular weight is 202 g/mol. The SMILES string of the molecule is C=CO[C@@H]1C=C2CC[C@H]3CC[C@@H]4C[C@@H]1C234. The van der Waals surface area contributed by atoms with Crippen molar-refractivity contribution < 1.29 is 4.74 Å². The maximum Gasteiger partial charge on any atom is 0.120 e. The Morgan fingerprint density at radius 2 is 2.20 bits per heavy atom. The Balaban J connectivity index is 1.77. The van der Waals surface area contributed by atoms with E-state index in [1.54, 1.807) is 11.8 Å². The molecule has 4 aliphatic carbocycles. The summed E-state index contributed by atoms with van der Waals surface area (Å²) in [5.41, 5.74) is 2.39. The fourth-order valence-electron chi connectivity index (χ4n) is 5.36. The van der Waals surface area contributed by atoms with Crippen molar-refractivity contribution in [3.05, 3.63) is 24.5 Å². The minimum absolute atomic E-state index is 0.370. The van der Waals surface area contributed by atoms with E-state index in [1.807, 2.05) is 0 Å². The van der Waals surface area contributed by atoms with E-state index in [1.165, 1.54) is 32.1 Å². The van der Waals surface area contributed by atoms with Crippen molar-refractivity contribution in [2.45, 2.75) is 38.2 Å². The van der Waals surface area contributed by atoms with Crippen LogP contribution in [-0.4, -0.2) is 6.10 Å². The minimum Gasteiger partial charge on any atom is -0.494 e. The summed E-state index contributed by atoms with van der Waals surface area (Å²) in [7, 11) is 0. The van der Waals surface area contributed by atoms with Gasteiger partial charge in [0.2, 0.25) is 0 Å². The summed E-state index contributed by atoms with van der Waals surface area (Å²) in [6.07, 6.45) is 11.6. The normalized spacial score (nSPS) is 54.3. The van der Waals surface area contributed by atoms with Crippen LogP contribution in [0.5, 0.6) is 0 Å². The Morgan fingerprint density at radius 1 is 1.33 bits per heavy atom. The number of ether oxygens (including phenoxy) is 1. The molecular weight excluding hydrogens is 184 g/mol. The van der Waals surface area contributed by atoms with Crippen LogP contribution >= 0.6 is 0 Å². The van der Waals surface area contributed by atoms with E-state index in [9.17, 15) is 0 Å². The van der Waals surface area contributed by atoms with Crippen molar-refractivity contribution in [3.8, 4) is 0 Å². The van der Waals surface area contributed by atoms with Crippen LogP contribution in [0.25, 0.3) is 0 Å². The van der Waals surface area contributed by atoms with Crippen LogP contribution in [0.1, 0.15) is 32.1 Å². The topological polar surface area (TPSA) is 9.23 Å². The van der Waals surface area contributed by atoms with Crippen LogP contribution in [0, 0.1) is 23.2 Å². The molecule has 5 atom stereocenters. The number of hydrogen-bond acceptors (Lipinski definition) is 1. The zero-order valence-corrected chi connectivity index (χ0v) is 9.11. The molecule has 1 heteroatoms. The summed E-state index contributed by atoms with van der Waals surface area (Å²) in [6, 6.07) is 0. The minimum atomic E-state index is 0.370. The maximum atomic E-state index is 5.68. The third-order valence-corrected chi connectivity index (χ3v) is 5.70. The standard InChI is InChI=1S/C14H18O/c1-2-15-13-8-11-6-4-9-3-5-10-7-12(13)14(9,10)11/h2,8-10,12-13H,1,3-7H2/t9-,10-,12+,13-,14?/m1/s1. The summed E-state index contributed by atoms with van der Waals surface area (Å²) in [5, 5.41) is 0. The van der Waals surface area contributed by atoms with E-state index in [2.05, 4.69) is 12.7 Å². The second-order valence-corrected chi connectivity index (χ2v) is 5.74. The summed E-state index contributed by atoms with van der Waals surface area (Å²) in [6.45, 7) is 3.70. The monoisotopic (exact) mass is 202 g/mol. The van der Waals surface area contributed by atoms with Gasteiger partial charge in [0.1, 0.15) is 6.10 Å². The molecule has 0 saturated heterocycles. The van der Waals surface area contributed by atoms with E-state index >= 15 is 0 Å². The first-order chi connectivity index (χ1) is 7.37. The van der Waals surface area contributed by atoms with Gasteiger partial charge in [-0.3, -0.25) is 0 Å². The van der Waals surface area contributed by atoms with Gasteiger partial charge in [-0.25, -0.2) is 0 Å². The zero-order chi connectivity index (χ0) is 10.0. The summed E-state index contributed by atoms with van der Waals surface area (Å²) >= 11 is 0. The molecule has 0 aromatic heterocycles. The van der Waals surface area contributed by atoms with Gasteiger partial charge in [-0.1, -0.05) is 12.2 Å². The third kappa shape index (κ3) is 0.725. The lowest BCUT2D eigenvalue weighted by Gasteiger charge is -2.52. The van der Waals surface area contributed by atoms with Crippen molar-refractivity contribution in [1.82, 2.24) is 0 Å². The predicted octanol–water partition coefficient (Wildman–Crippen LogP) is 3.28. The summed E-state index contributed by atoms with van der Waals surface area (Å²) < 4.78 is 5.68. The Bertz CT molecular complexity index is 356. The fraction of sp³-hybridized carbons (Fsp3) is 0.714. The molecule has 0 aromatic rings. The van der Waals surface area contributed by atoms with E-state index in [0.29, 0.717) is 11.5 Å². The number of rotatable bonds is 2. The molecule has 0 amide bonds. The lowest BCUT2D eigenvalue weighted by Crippen LogP contribution is -2.49. The molecule has 1 nitrogen and oxygen atoms in total. The highest BCUT2D eigenvalue weighted by molar-refractivity contribution is 5.39. The van der Waals surface area contributed by atoms with E-state index in [0.717, 1.165) is 17.8 Å². The van der Waals surface area contributed by atoms with Gasteiger partial charge in [0.05, 0.1) is 6.26 Å². The first-order valence-electron chi connectivity index (χ1n) is 6.35. The Morgan fingerprint density at radius 3 is 3.07 bits per heavy atom. The van der Waals surface area contributed by atoms with Gasteiger partial charge in [-0.05, 0) is 50.0 Å². The Hall–Kier alpha value is -0.720. The van der Waals surface area contributed by atoms with Gasteiger partial charge < -0.3 is 4.74 Å². The van der Waals surface area contributed by atoms with Crippen LogP contribution in [0.4, 0.5) is 0 Å². The van der Waals surface area contributed by atoms with E-state index < -0.39 is 0 Å². The first kappa shape index (κ1) is 8.43. The van der Waals surface area contributed by atoms with Crippen LogP contribution in [0.15, 0.2) is 24.5 Å². The average Bonchev–Trinajstić information content (AvgIpc) is 2.74. The highest BCUT2D eigenvalue weighted by atomic mass is 16.5. The molecule has 4 rings (SSSR count). The van der Waals surface area contributed by atoms with E-state index in [-0.39, 0.29) is 0 Å². The molecule has 3 fully saturated rings. The van der Waals surface area contributed by atoms with E-state index in [4.69, 9.17) is 4.74 Å².